The zero-order valence-electron chi connectivity index (χ0n) is 8.86. The lowest BCUT2D eigenvalue weighted by atomic mass is 10.3. The quantitative estimate of drug-likeness (QED) is 0.684. The van der Waals surface area contributed by atoms with Crippen LogP contribution in [0.4, 0.5) is 5.69 Å². The van der Waals surface area contributed by atoms with Crippen LogP contribution in [0.1, 0.15) is 5.56 Å². The van der Waals surface area contributed by atoms with Gasteiger partial charge < -0.3 is 10.5 Å². The van der Waals surface area contributed by atoms with Gasteiger partial charge in [0.1, 0.15) is 22.7 Å². The van der Waals surface area contributed by atoms with Crippen molar-refractivity contribution in [2.75, 3.05) is 5.73 Å². The van der Waals surface area contributed by atoms with Crippen molar-refractivity contribution in [3.05, 3.63) is 52.3 Å². The maximum atomic E-state index is 5.93. The van der Waals surface area contributed by atoms with E-state index in [1.54, 1.807) is 24.3 Å². The molecular weight excluding hydrogens is 259 g/mol. The first kappa shape index (κ1) is 12.0. The average molecular weight is 269 g/mol. The van der Waals surface area contributed by atoms with Crippen LogP contribution in [0.5, 0.6) is 5.75 Å². The molecule has 0 aliphatic heterocycles. The summed E-state index contributed by atoms with van der Waals surface area (Å²) in [6, 6.07) is 10.6. The molecule has 0 amide bonds. The summed E-state index contributed by atoms with van der Waals surface area (Å²) in [5.74, 6) is 0.691. The highest BCUT2D eigenvalue weighted by molar-refractivity contribution is 6.32. The van der Waals surface area contributed by atoms with Gasteiger partial charge in [0.25, 0.3) is 0 Å². The number of pyridine rings is 1. The highest BCUT2D eigenvalue weighted by atomic mass is 35.5. The highest BCUT2D eigenvalue weighted by Gasteiger charge is 2.03. The molecule has 0 aliphatic rings. The number of halogens is 2. The molecule has 0 radical (unpaired) electrons. The van der Waals surface area contributed by atoms with Crippen LogP contribution in [0.25, 0.3) is 0 Å². The maximum absolute atomic E-state index is 5.93. The van der Waals surface area contributed by atoms with Crippen LogP contribution in [-0.4, -0.2) is 4.98 Å². The van der Waals surface area contributed by atoms with Crippen molar-refractivity contribution >= 4 is 28.9 Å². The molecule has 0 saturated heterocycles. The molecule has 0 spiro atoms. The third kappa shape index (κ3) is 3.25. The highest BCUT2D eigenvalue weighted by Crippen LogP contribution is 2.20. The van der Waals surface area contributed by atoms with Gasteiger partial charge in [-0.05, 0) is 24.3 Å². The summed E-state index contributed by atoms with van der Waals surface area (Å²) in [6.07, 6.45) is 0. The Morgan fingerprint density at radius 2 is 2.00 bits per heavy atom. The monoisotopic (exact) mass is 268 g/mol. The predicted molar refractivity (Wildman–Crippen MR) is 69.4 cm³/mol. The minimum absolute atomic E-state index is 0.326. The molecule has 2 aromatic rings. The molecule has 2 rings (SSSR count). The van der Waals surface area contributed by atoms with Gasteiger partial charge in [-0.3, -0.25) is 0 Å². The number of benzene rings is 1. The fraction of sp³-hybridized carbons (Fsp3) is 0.0833. The zero-order valence-corrected chi connectivity index (χ0v) is 10.4. The van der Waals surface area contributed by atoms with Crippen LogP contribution in [0.15, 0.2) is 36.4 Å². The molecule has 0 unspecified atom stereocenters. The molecule has 5 heteroatoms. The maximum Gasteiger partial charge on any atom is 0.137 e. The number of aromatic nitrogens is 1. The van der Waals surface area contributed by atoms with Crippen molar-refractivity contribution in [2.45, 2.75) is 6.61 Å². The van der Waals surface area contributed by atoms with Crippen LogP contribution in [0, 0.1) is 0 Å². The van der Waals surface area contributed by atoms with Gasteiger partial charge >= 0.3 is 0 Å². The van der Waals surface area contributed by atoms with Crippen molar-refractivity contribution in [3.63, 3.8) is 0 Å². The second kappa shape index (κ2) is 5.25. The van der Waals surface area contributed by atoms with Gasteiger partial charge in [-0.25, -0.2) is 4.98 Å². The lowest BCUT2D eigenvalue weighted by Crippen LogP contribution is -1.98. The Morgan fingerprint density at radius 1 is 1.18 bits per heavy atom. The average Bonchev–Trinajstić information content (AvgIpc) is 2.28. The molecule has 0 fully saturated rings. The smallest absolute Gasteiger partial charge is 0.137 e. The van der Waals surface area contributed by atoms with Gasteiger partial charge in [0.15, 0.2) is 0 Å². The van der Waals surface area contributed by atoms with Gasteiger partial charge in [0.2, 0.25) is 0 Å². The van der Waals surface area contributed by atoms with Crippen molar-refractivity contribution in [1.82, 2.24) is 4.98 Å². The number of hydrogen-bond donors (Lipinski definition) is 1. The van der Waals surface area contributed by atoms with Crippen LogP contribution in [0.3, 0.4) is 0 Å². The van der Waals surface area contributed by atoms with E-state index in [1.807, 2.05) is 12.1 Å². The fourth-order valence-corrected chi connectivity index (χ4v) is 1.71. The van der Waals surface area contributed by atoms with E-state index in [2.05, 4.69) is 4.98 Å². The SMILES string of the molecule is Nc1cccc(OCc2ccc(Cl)nc2Cl)c1. The van der Waals surface area contributed by atoms with Gasteiger partial charge in [-0.2, -0.15) is 0 Å². The molecule has 0 bridgehead atoms. The van der Waals surface area contributed by atoms with Gasteiger partial charge in [0, 0.05) is 17.3 Å². The molecule has 0 atom stereocenters. The van der Waals surface area contributed by atoms with Gasteiger partial charge in [-0.1, -0.05) is 29.3 Å². The molecule has 2 N–H and O–H groups in total. The van der Waals surface area contributed by atoms with E-state index in [9.17, 15) is 0 Å². The summed E-state index contributed by atoms with van der Waals surface area (Å²) in [7, 11) is 0. The first-order valence-corrected chi connectivity index (χ1v) is 5.70. The lowest BCUT2D eigenvalue weighted by molar-refractivity contribution is 0.306. The van der Waals surface area contributed by atoms with E-state index < -0.39 is 0 Å². The summed E-state index contributed by atoms with van der Waals surface area (Å²) in [5, 5.41) is 0.712. The van der Waals surface area contributed by atoms with E-state index in [0.717, 1.165) is 5.56 Å². The first-order chi connectivity index (χ1) is 8.15. The van der Waals surface area contributed by atoms with E-state index in [1.165, 1.54) is 0 Å². The van der Waals surface area contributed by atoms with E-state index in [4.69, 9.17) is 33.7 Å². The molecule has 3 nitrogen and oxygen atoms in total. The molecule has 88 valence electrons. The zero-order chi connectivity index (χ0) is 12.3. The number of nitrogen functional groups attached to an aromatic ring is 1. The van der Waals surface area contributed by atoms with Crippen molar-refractivity contribution in [2.24, 2.45) is 0 Å². The number of ether oxygens (including phenoxy) is 1. The first-order valence-electron chi connectivity index (χ1n) is 4.94. The largest absolute Gasteiger partial charge is 0.489 e. The molecule has 1 heterocycles. The number of rotatable bonds is 3. The normalized spacial score (nSPS) is 10.2. The Hall–Kier alpha value is -1.45. The van der Waals surface area contributed by atoms with Crippen LogP contribution >= 0.6 is 23.2 Å². The summed E-state index contributed by atoms with van der Waals surface area (Å²) >= 11 is 11.6. The summed E-state index contributed by atoms with van der Waals surface area (Å²) < 4.78 is 5.55. The van der Waals surface area contributed by atoms with Crippen LogP contribution in [0.2, 0.25) is 10.3 Å². The topological polar surface area (TPSA) is 48.1 Å². The Labute approximate surface area is 109 Å². The van der Waals surface area contributed by atoms with Crippen LogP contribution < -0.4 is 10.5 Å². The minimum Gasteiger partial charge on any atom is -0.489 e. The second-order valence-electron chi connectivity index (χ2n) is 3.45. The second-order valence-corrected chi connectivity index (χ2v) is 4.19. The van der Waals surface area contributed by atoms with E-state index in [-0.39, 0.29) is 0 Å². The number of nitrogens with two attached hydrogens (primary N) is 1. The Morgan fingerprint density at radius 3 is 2.71 bits per heavy atom. The summed E-state index contributed by atoms with van der Waals surface area (Å²) in [6.45, 7) is 0.326. The number of hydrogen-bond acceptors (Lipinski definition) is 3. The molecule has 1 aromatic heterocycles. The van der Waals surface area contributed by atoms with Gasteiger partial charge in [0.05, 0.1) is 0 Å². The molecule has 1 aromatic carbocycles. The third-order valence-corrected chi connectivity index (χ3v) is 2.68. The van der Waals surface area contributed by atoms with Crippen molar-refractivity contribution in [1.29, 1.82) is 0 Å². The predicted octanol–water partition coefficient (Wildman–Crippen LogP) is 3.55. The minimum atomic E-state index is 0.326. The third-order valence-electron chi connectivity index (χ3n) is 2.14. The van der Waals surface area contributed by atoms with E-state index in [0.29, 0.717) is 28.3 Å². The molecule has 0 saturated carbocycles. The fourth-order valence-electron chi connectivity index (χ4n) is 1.31. The van der Waals surface area contributed by atoms with Crippen molar-refractivity contribution in [3.8, 4) is 5.75 Å². The summed E-state index contributed by atoms with van der Waals surface area (Å²) in [4.78, 5) is 3.93. The Balaban J connectivity index is 2.07. The van der Waals surface area contributed by atoms with Gasteiger partial charge in [-0.15, -0.1) is 0 Å². The summed E-state index contributed by atoms with van der Waals surface area (Å²) in [5.41, 5.74) is 7.07. The molecular formula is C12H10Cl2N2O. The Kier molecular flexibility index (Phi) is 3.71. The number of anilines is 1. The van der Waals surface area contributed by atoms with Crippen molar-refractivity contribution < 1.29 is 4.74 Å². The Bertz CT molecular complexity index is 532. The van der Waals surface area contributed by atoms with E-state index >= 15 is 0 Å². The molecule has 0 aliphatic carbocycles. The lowest BCUT2D eigenvalue weighted by Gasteiger charge is -2.07. The molecule has 17 heavy (non-hydrogen) atoms. The number of nitrogens with zero attached hydrogens (tertiary/aromatic N) is 1. The van der Waals surface area contributed by atoms with Crippen LogP contribution in [-0.2, 0) is 6.61 Å². The standard InChI is InChI=1S/C12H10Cl2N2O/c13-11-5-4-8(12(14)16-11)7-17-10-3-1-2-9(15)6-10/h1-6H,7,15H2.